The Morgan fingerprint density at radius 1 is 1.22 bits per heavy atom. The number of aryl methyl sites for hydroxylation is 1. The van der Waals surface area contributed by atoms with Crippen LogP contribution >= 0.6 is 23.1 Å². The molecule has 1 aliphatic heterocycles. The second kappa shape index (κ2) is 8.19. The molecule has 0 saturated heterocycles. The summed E-state index contributed by atoms with van der Waals surface area (Å²) in [4.78, 5) is 17.3. The van der Waals surface area contributed by atoms with Crippen LogP contribution in [0.5, 0.6) is 11.5 Å². The molecular formula is C20H20N2O3S2. The molecule has 5 nitrogen and oxygen atoms in total. The summed E-state index contributed by atoms with van der Waals surface area (Å²) in [6.45, 7) is 0.258. The molecule has 2 aromatic carbocycles. The van der Waals surface area contributed by atoms with E-state index in [0.29, 0.717) is 11.2 Å². The first-order valence-corrected chi connectivity index (χ1v) is 10.8. The summed E-state index contributed by atoms with van der Waals surface area (Å²) in [6, 6.07) is 14.3. The van der Waals surface area contributed by atoms with Gasteiger partial charge in [0.2, 0.25) is 12.7 Å². The van der Waals surface area contributed by atoms with Crippen molar-refractivity contribution in [1.29, 1.82) is 0 Å². The number of aromatic nitrogens is 1. The molecule has 2 heterocycles. The topological polar surface area (TPSA) is 52.8 Å². The van der Waals surface area contributed by atoms with E-state index in [-0.39, 0.29) is 12.7 Å². The lowest BCUT2D eigenvalue weighted by Gasteiger charge is -2.01. The van der Waals surface area contributed by atoms with Gasteiger partial charge >= 0.3 is 0 Å². The van der Waals surface area contributed by atoms with Crippen LogP contribution in [0.2, 0.25) is 0 Å². The summed E-state index contributed by atoms with van der Waals surface area (Å²) >= 11 is 3.34. The van der Waals surface area contributed by atoms with Crippen LogP contribution in [0.1, 0.15) is 18.4 Å². The lowest BCUT2D eigenvalue weighted by Crippen LogP contribution is -2.13. The molecule has 0 unspecified atom stereocenters. The largest absolute Gasteiger partial charge is 0.454 e. The predicted octanol–water partition coefficient (Wildman–Crippen LogP) is 4.11. The van der Waals surface area contributed by atoms with Gasteiger partial charge in [-0.3, -0.25) is 4.79 Å². The summed E-state index contributed by atoms with van der Waals surface area (Å²) in [5, 5.41) is 0. The number of benzene rings is 2. The second-order valence-corrected chi connectivity index (χ2v) is 8.38. The molecule has 4 rings (SSSR count). The molecule has 0 aliphatic carbocycles. The molecule has 1 aliphatic rings. The van der Waals surface area contributed by atoms with Crippen molar-refractivity contribution in [3.8, 4) is 11.5 Å². The molecule has 0 spiro atoms. The molecule has 7 heteroatoms. The molecule has 0 bridgehead atoms. The molecule has 1 amide bonds. The van der Waals surface area contributed by atoms with Gasteiger partial charge in [-0.25, -0.2) is 0 Å². The molecule has 0 saturated carbocycles. The minimum atomic E-state index is -0.0718. The van der Waals surface area contributed by atoms with Gasteiger partial charge in [-0.2, -0.15) is 16.8 Å². The van der Waals surface area contributed by atoms with E-state index in [4.69, 9.17) is 9.47 Å². The molecule has 3 aromatic rings. The van der Waals surface area contributed by atoms with E-state index >= 15 is 0 Å². The number of hydrogen-bond acceptors (Lipinski definition) is 5. The highest BCUT2D eigenvalue weighted by molar-refractivity contribution is 7.98. The average molecular weight is 401 g/mol. The van der Waals surface area contributed by atoms with Crippen molar-refractivity contribution in [2.75, 3.05) is 12.5 Å². The fraction of sp³-hybridized carbons (Fsp3) is 0.300. The normalized spacial score (nSPS) is 13.4. The van der Waals surface area contributed by atoms with Crippen molar-refractivity contribution < 1.29 is 14.3 Å². The van der Waals surface area contributed by atoms with Gasteiger partial charge in [0.05, 0.1) is 10.2 Å². The van der Waals surface area contributed by atoms with E-state index in [1.807, 2.05) is 41.6 Å². The Hall–Kier alpha value is -2.25. The van der Waals surface area contributed by atoms with Crippen LogP contribution in [0.4, 0.5) is 0 Å². The maximum Gasteiger partial charge on any atom is 0.248 e. The Morgan fingerprint density at radius 3 is 2.81 bits per heavy atom. The third kappa shape index (κ3) is 4.20. The van der Waals surface area contributed by atoms with Crippen LogP contribution in [-0.2, 0) is 17.6 Å². The van der Waals surface area contributed by atoms with Gasteiger partial charge in [0, 0.05) is 31.4 Å². The van der Waals surface area contributed by atoms with Gasteiger partial charge < -0.3 is 14.0 Å². The average Bonchev–Trinajstić information content (AvgIpc) is 3.25. The van der Waals surface area contributed by atoms with Crippen LogP contribution in [0.15, 0.2) is 47.5 Å². The number of thioether (sulfide) groups is 1. The van der Waals surface area contributed by atoms with Gasteiger partial charge in [-0.05, 0) is 17.7 Å². The first kappa shape index (κ1) is 18.1. The first-order valence-electron chi connectivity index (χ1n) is 8.79. The zero-order chi connectivity index (χ0) is 18.6. The Labute approximate surface area is 165 Å². The molecule has 27 heavy (non-hydrogen) atoms. The molecule has 0 radical (unpaired) electrons. The van der Waals surface area contributed by atoms with Crippen molar-refractivity contribution in [3.63, 3.8) is 0 Å². The number of rotatable bonds is 6. The van der Waals surface area contributed by atoms with E-state index in [1.54, 1.807) is 0 Å². The summed E-state index contributed by atoms with van der Waals surface area (Å²) in [5.41, 5.74) is 2.31. The lowest BCUT2D eigenvalue weighted by atomic mass is 10.2. The van der Waals surface area contributed by atoms with Crippen LogP contribution in [0.25, 0.3) is 10.2 Å². The number of thiazole rings is 1. The summed E-state index contributed by atoms with van der Waals surface area (Å²) in [5.74, 6) is 3.35. The smallest absolute Gasteiger partial charge is 0.248 e. The maximum atomic E-state index is 12.2. The summed E-state index contributed by atoms with van der Waals surface area (Å²) in [7, 11) is 1.92. The Morgan fingerprint density at radius 2 is 2.00 bits per heavy atom. The SMILES string of the molecule is Cn1c(=NC(=O)CCCSCc2ccccc2)sc2cc3c(cc21)OCO3. The van der Waals surface area contributed by atoms with Crippen molar-refractivity contribution in [2.45, 2.75) is 18.6 Å². The molecule has 0 fully saturated rings. The molecule has 0 N–H and O–H groups in total. The number of fused-ring (bicyclic) bond motifs is 2. The van der Waals surface area contributed by atoms with E-state index < -0.39 is 0 Å². The lowest BCUT2D eigenvalue weighted by molar-refractivity contribution is -0.118. The minimum Gasteiger partial charge on any atom is -0.454 e. The maximum absolute atomic E-state index is 12.2. The third-order valence-corrected chi connectivity index (χ3v) is 6.52. The number of carbonyl (C=O) groups is 1. The minimum absolute atomic E-state index is 0.0718. The number of nitrogens with zero attached hydrogens (tertiary/aromatic N) is 2. The molecular weight excluding hydrogens is 380 g/mol. The van der Waals surface area contributed by atoms with Gasteiger partial charge in [0.1, 0.15) is 0 Å². The highest BCUT2D eigenvalue weighted by Gasteiger charge is 2.16. The zero-order valence-electron chi connectivity index (χ0n) is 15.0. The van der Waals surface area contributed by atoms with E-state index in [9.17, 15) is 4.79 Å². The number of amides is 1. The van der Waals surface area contributed by atoms with Crippen molar-refractivity contribution in [1.82, 2.24) is 4.57 Å². The molecule has 0 atom stereocenters. The number of hydrogen-bond donors (Lipinski definition) is 0. The van der Waals surface area contributed by atoms with Crippen LogP contribution < -0.4 is 14.3 Å². The van der Waals surface area contributed by atoms with Gasteiger partial charge in [-0.15, -0.1) is 0 Å². The second-order valence-electron chi connectivity index (χ2n) is 6.26. The zero-order valence-corrected chi connectivity index (χ0v) is 16.6. The highest BCUT2D eigenvalue weighted by atomic mass is 32.2. The van der Waals surface area contributed by atoms with Crippen LogP contribution in [-0.4, -0.2) is 23.0 Å². The highest BCUT2D eigenvalue weighted by Crippen LogP contribution is 2.36. The van der Waals surface area contributed by atoms with E-state index in [1.165, 1.54) is 16.9 Å². The van der Waals surface area contributed by atoms with Gasteiger partial charge in [0.15, 0.2) is 16.3 Å². The summed E-state index contributed by atoms with van der Waals surface area (Å²) in [6.07, 6.45) is 1.31. The number of carbonyl (C=O) groups excluding carboxylic acids is 1. The Kier molecular flexibility index (Phi) is 5.50. The number of ether oxygens (including phenoxy) is 2. The van der Waals surface area contributed by atoms with Crippen molar-refractivity contribution in [2.24, 2.45) is 12.0 Å². The Bertz CT molecular complexity index is 1020. The quantitative estimate of drug-likeness (QED) is 0.585. The fourth-order valence-corrected chi connectivity index (χ4v) is 4.84. The van der Waals surface area contributed by atoms with Crippen LogP contribution in [0.3, 0.4) is 0 Å². The van der Waals surface area contributed by atoms with Crippen molar-refractivity contribution in [3.05, 3.63) is 52.8 Å². The monoisotopic (exact) mass is 400 g/mol. The van der Waals surface area contributed by atoms with Crippen LogP contribution in [0, 0.1) is 0 Å². The van der Waals surface area contributed by atoms with E-state index in [2.05, 4.69) is 29.3 Å². The predicted molar refractivity (Wildman–Crippen MR) is 109 cm³/mol. The third-order valence-electron chi connectivity index (χ3n) is 4.31. The van der Waals surface area contributed by atoms with Gasteiger partial charge in [0.25, 0.3) is 0 Å². The van der Waals surface area contributed by atoms with Gasteiger partial charge in [-0.1, -0.05) is 41.7 Å². The summed E-state index contributed by atoms with van der Waals surface area (Å²) < 4.78 is 13.8. The first-order chi connectivity index (χ1) is 13.2. The molecule has 140 valence electrons. The molecule has 1 aromatic heterocycles. The van der Waals surface area contributed by atoms with E-state index in [0.717, 1.165) is 39.6 Å². The fourth-order valence-electron chi connectivity index (χ4n) is 2.88. The van der Waals surface area contributed by atoms with Crippen molar-refractivity contribution >= 4 is 39.2 Å². The Balaban J connectivity index is 1.35. The standard InChI is InChI=1S/C20H20N2O3S2/c1-22-15-10-16-17(25-13-24-16)11-18(15)27-20(22)21-19(23)8-5-9-26-12-14-6-3-2-4-7-14/h2-4,6-7,10-11H,5,8-9,12-13H2,1H3.